The van der Waals surface area contributed by atoms with Gasteiger partial charge in [0.15, 0.2) is 0 Å². The highest BCUT2D eigenvalue weighted by Gasteiger charge is 2.08. The summed E-state index contributed by atoms with van der Waals surface area (Å²) >= 11 is 1.61. The molecule has 3 aromatic rings. The van der Waals surface area contributed by atoms with E-state index in [1.165, 1.54) is 0 Å². The maximum Gasteiger partial charge on any atom is 0.255 e. The van der Waals surface area contributed by atoms with Crippen molar-refractivity contribution in [1.82, 2.24) is 9.78 Å². The molecule has 0 spiro atoms. The van der Waals surface area contributed by atoms with Gasteiger partial charge in [0.25, 0.3) is 5.91 Å². The minimum atomic E-state index is -0.117. The Morgan fingerprint density at radius 2 is 1.86 bits per heavy atom. The van der Waals surface area contributed by atoms with Crippen LogP contribution in [-0.2, 0) is 0 Å². The summed E-state index contributed by atoms with van der Waals surface area (Å²) < 4.78 is 1.75. The molecule has 5 heteroatoms. The standard InChI is InChI=1S/C17H15N3OS/c1-22-16-6-3-2-5-15(16)19-17(21)13-7-9-14(10-8-13)20-12-4-11-18-20/h2-12H,1H3,(H,19,21). The first-order valence-corrected chi connectivity index (χ1v) is 8.05. The van der Waals surface area contributed by atoms with Gasteiger partial charge >= 0.3 is 0 Å². The molecule has 3 rings (SSSR count). The van der Waals surface area contributed by atoms with Gasteiger partial charge in [-0.3, -0.25) is 4.79 Å². The molecule has 22 heavy (non-hydrogen) atoms. The van der Waals surface area contributed by atoms with Crippen molar-refractivity contribution < 1.29 is 4.79 Å². The van der Waals surface area contributed by atoms with E-state index >= 15 is 0 Å². The van der Waals surface area contributed by atoms with Gasteiger partial charge in [0.05, 0.1) is 11.4 Å². The maximum absolute atomic E-state index is 12.3. The van der Waals surface area contributed by atoms with Crippen molar-refractivity contribution in [3.63, 3.8) is 0 Å². The Labute approximate surface area is 133 Å². The lowest BCUT2D eigenvalue weighted by atomic mass is 10.2. The zero-order valence-electron chi connectivity index (χ0n) is 12.1. The number of thioether (sulfide) groups is 1. The van der Waals surface area contributed by atoms with E-state index in [-0.39, 0.29) is 5.91 Å². The lowest BCUT2D eigenvalue weighted by Gasteiger charge is -2.09. The van der Waals surface area contributed by atoms with Gasteiger partial charge in [0.2, 0.25) is 0 Å². The number of rotatable bonds is 4. The number of nitrogens with zero attached hydrogens (tertiary/aromatic N) is 2. The number of amides is 1. The minimum absolute atomic E-state index is 0.117. The van der Waals surface area contributed by atoms with Crippen molar-refractivity contribution in [1.29, 1.82) is 0 Å². The molecular formula is C17H15N3OS. The third-order valence-corrected chi connectivity index (χ3v) is 4.05. The molecule has 1 heterocycles. The summed E-state index contributed by atoms with van der Waals surface area (Å²) in [5.74, 6) is -0.117. The third kappa shape index (κ3) is 3.04. The predicted octanol–water partition coefficient (Wildman–Crippen LogP) is 3.85. The molecule has 0 saturated heterocycles. The highest BCUT2D eigenvalue weighted by Crippen LogP contribution is 2.25. The number of hydrogen-bond acceptors (Lipinski definition) is 3. The molecule has 0 atom stereocenters. The highest BCUT2D eigenvalue weighted by molar-refractivity contribution is 7.98. The zero-order chi connectivity index (χ0) is 15.4. The Bertz CT molecular complexity index is 767. The van der Waals surface area contributed by atoms with E-state index in [1.807, 2.05) is 54.9 Å². The van der Waals surface area contributed by atoms with E-state index in [0.717, 1.165) is 16.3 Å². The van der Waals surface area contributed by atoms with Gasteiger partial charge in [-0.05, 0) is 48.7 Å². The molecule has 0 fully saturated rings. The van der Waals surface area contributed by atoms with Crippen molar-refractivity contribution in [2.75, 3.05) is 11.6 Å². The summed E-state index contributed by atoms with van der Waals surface area (Å²) in [6.07, 6.45) is 5.58. The zero-order valence-corrected chi connectivity index (χ0v) is 12.9. The predicted molar refractivity (Wildman–Crippen MR) is 89.7 cm³/mol. The molecule has 0 aliphatic rings. The van der Waals surface area contributed by atoms with Crippen LogP contribution in [0.3, 0.4) is 0 Å². The van der Waals surface area contributed by atoms with Gasteiger partial charge < -0.3 is 5.32 Å². The molecular weight excluding hydrogens is 294 g/mol. The topological polar surface area (TPSA) is 46.9 Å². The molecule has 0 radical (unpaired) electrons. The van der Waals surface area contributed by atoms with Crippen LogP contribution in [0.2, 0.25) is 0 Å². The average molecular weight is 309 g/mol. The van der Waals surface area contributed by atoms with Gasteiger partial charge in [-0.2, -0.15) is 5.10 Å². The Hall–Kier alpha value is -2.53. The number of carbonyl (C=O) groups excluding carboxylic acids is 1. The summed E-state index contributed by atoms with van der Waals surface area (Å²) in [7, 11) is 0. The van der Waals surface area contributed by atoms with E-state index in [2.05, 4.69) is 10.4 Å². The van der Waals surface area contributed by atoms with Crippen molar-refractivity contribution in [2.24, 2.45) is 0 Å². The number of carbonyl (C=O) groups is 1. The second-order valence-electron chi connectivity index (χ2n) is 4.65. The first kappa shape index (κ1) is 14.4. The number of benzene rings is 2. The van der Waals surface area contributed by atoms with Crippen LogP contribution in [0.25, 0.3) is 5.69 Å². The Balaban J connectivity index is 1.78. The molecule has 0 saturated carbocycles. The molecule has 0 aliphatic heterocycles. The fraction of sp³-hybridized carbons (Fsp3) is 0.0588. The Morgan fingerprint density at radius 3 is 2.55 bits per heavy atom. The van der Waals surface area contributed by atoms with Crippen LogP contribution in [0.5, 0.6) is 0 Å². The molecule has 0 unspecified atom stereocenters. The smallest absolute Gasteiger partial charge is 0.255 e. The summed E-state index contributed by atoms with van der Waals surface area (Å²) in [5.41, 5.74) is 2.37. The highest BCUT2D eigenvalue weighted by atomic mass is 32.2. The van der Waals surface area contributed by atoms with Gasteiger partial charge in [0, 0.05) is 22.9 Å². The van der Waals surface area contributed by atoms with E-state index < -0.39 is 0 Å². The lowest BCUT2D eigenvalue weighted by Crippen LogP contribution is -2.12. The quantitative estimate of drug-likeness (QED) is 0.745. The molecule has 1 amide bonds. The van der Waals surface area contributed by atoms with Crippen molar-refractivity contribution in [3.05, 3.63) is 72.6 Å². The van der Waals surface area contributed by atoms with Gasteiger partial charge in [-0.25, -0.2) is 4.68 Å². The van der Waals surface area contributed by atoms with Crippen LogP contribution in [0.4, 0.5) is 5.69 Å². The summed E-state index contributed by atoms with van der Waals surface area (Å²) in [5, 5.41) is 7.11. The van der Waals surface area contributed by atoms with Crippen molar-refractivity contribution in [2.45, 2.75) is 4.90 Å². The average Bonchev–Trinajstić information content (AvgIpc) is 3.10. The molecule has 0 bridgehead atoms. The molecule has 2 aromatic carbocycles. The van der Waals surface area contributed by atoms with Crippen molar-refractivity contribution in [3.8, 4) is 5.69 Å². The van der Waals surface area contributed by atoms with Crippen LogP contribution < -0.4 is 5.32 Å². The fourth-order valence-electron chi connectivity index (χ4n) is 2.13. The number of aromatic nitrogens is 2. The first-order chi connectivity index (χ1) is 10.8. The largest absolute Gasteiger partial charge is 0.321 e. The Morgan fingerprint density at radius 1 is 1.09 bits per heavy atom. The number of anilines is 1. The number of para-hydroxylation sites is 1. The van der Waals surface area contributed by atoms with Gasteiger partial charge in [-0.15, -0.1) is 11.8 Å². The minimum Gasteiger partial charge on any atom is -0.321 e. The summed E-state index contributed by atoms with van der Waals surface area (Å²) in [4.78, 5) is 13.4. The van der Waals surface area contributed by atoms with Crippen LogP contribution in [0.1, 0.15) is 10.4 Å². The first-order valence-electron chi connectivity index (χ1n) is 6.82. The molecule has 4 nitrogen and oxygen atoms in total. The SMILES string of the molecule is CSc1ccccc1NC(=O)c1ccc(-n2cccn2)cc1. The molecule has 0 aliphatic carbocycles. The number of nitrogens with one attached hydrogen (secondary N) is 1. The molecule has 1 aromatic heterocycles. The van der Waals surface area contributed by atoms with Gasteiger partial charge in [-0.1, -0.05) is 12.1 Å². The van der Waals surface area contributed by atoms with Crippen LogP contribution in [0, 0.1) is 0 Å². The third-order valence-electron chi connectivity index (χ3n) is 3.25. The van der Waals surface area contributed by atoms with E-state index in [9.17, 15) is 4.79 Å². The Kier molecular flexibility index (Phi) is 4.25. The monoisotopic (exact) mass is 309 g/mol. The van der Waals surface area contributed by atoms with Crippen molar-refractivity contribution >= 4 is 23.4 Å². The normalized spacial score (nSPS) is 10.4. The van der Waals surface area contributed by atoms with E-state index in [1.54, 1.807) is 34.8 Å². The van der Waals surface area contributed by atoms with E-state index in [4.69, 9.17) is 0 Å². The van der Waals surface area contributed by atoms with Crippen LogP contribution in [0.15, 0.2) is 71.9 Å². The second kappa shape index (κ2) is 6.49. The lowest BCUT2D eigenvalue weighted by molar-refractivity contribution is 0.102. The van der Waals surface area contributed by atoms with E-state index in [0.29, 0.717) is 5.56 Å². The van der Waals surface area contributed by atoms with Crippen LogP contribution in [-0.4, -0.2) is 21.9 Å². The fourth-order valence-corrected chi connectivity index (χ4v) is 2.68. The second-order valence-corrected chi connectivity index (χ2v) is 5.50. The molecule has 1 N–H and O–H groups in total. The summed E-state index contributed by atoms with van der Waals surface area (Å²) in [6, 6.07) is 17.0. The van der Waals surface area contributed by atoms with Crippen LogP contribution >= 0.6 is 11.8 Å². The molecule has 110 valence electrons. The number of hydrogen-bond donors (Lipinski definition) is 1. The van der Waals surface area contributed by atoms with Gasteiger partial charge in [0.1, 0.15) is 0 Å². The maximum atomic E-state index is 12.3. The summed E-state index contributed by atoms with van der Waals surface area (Å²) in [6.45, 7) is 0.